The van der Waals surface area contributed by atoms with Gasteiger partial charge in [0.25, 0.3) is 5.09 Å². The quantitative estimate of drug-likeness (QED) is 0.167. The molecule has 5 rings (SSSR count). The molecule has 2 fully saturated rings. The Labute approximate surface area is 230 Å². The number of carbonyl (C=O) groups is 3. The van der Waals surface area contributed by atoms with Crippen LogP contribution >= 0.6 is 0 Å². The van der Waals surface area contributed by atoms with Gasteiger partial charge in [-0.25, -0.2) is 4.79 Å². The van der Waals surface area contributed by atoms with Gasteiger partial charge in [0.05, 0.1) is 6.10 Å². The normalized spacial score (nSPS) is 36.0. The molecule has 0 radical (unpaired) electrons. The van der Waals surface area contributed by atoms with Gasteiger partial charge in [-0.3, -0.25) is 9.59 Å². The van der Waals surface area contributed by atoms with Gasteiger partial charge in [-0.2, -0.15) is 0 Å². The first kappa shape index (κ1) is 28.0. The minimum atomic E-state index is -1.80. The number of aliphatic hydroxyl groups is 2. The maximum Gasteiger partial charge on any atom is 0.514 e. The molecule has 1 aromatic carbocycles. The van der Waals surface area contributed by atoms with Gasteiger partial charge >= 0.3 is 6.16 Å². The Balaban J connectivity index is 1.26. The number of aliphatic hydroxyl groups excluding tert-OH is 1. The molecule has 11 nitrogen and oxygen atoms in total. The second-order valence-electron chi connectivity index (χ2n) is 11.8. The zero-order chi connectivity index (χ0) is 28.9. The zero-order valence-electron chi connectivity index (χ0n) is 22.4. The van der Waals surface area contributed by atoms with Crippen LogP contribution in [0.1, 0.15) is 51.5 Å². The third-order valence-electron chi connectivity index (χ3n) is 9.83. The maximum atomic E-state index is 13.4. The summed E-state index contributed by atoms with van der Waals surface area (Å²) in [7, 11) is 0. The van der Waals surface area contributed by atoms with Crippen LogP contribution in [-0.2, 0) is 25.8 Å². The molecule has 0 bridgehead atoms. The monoisotopic (exact) mass is 555 g/mol. The molecule has 4 aliphatic rings. The van der Waals surface area contributed by atoms with Crippen LogP contribution in [0, 0.1) is 38.7 Å². The van der Waals surface area contributed by atoms with Crippen LogP contribution in [0.4, 0.5) is 4.79 Å². The summed E-state index contributed by atoms with van der Waals surface area (Å²) in [4.78, 5) is 52.4. The van der Waals surface area contributed by atoms with Crippen molar-refractivity contribution in [3.63, 3.8) is 0 Å². The lowest BCUT2D eigenvalue weighted by Gasteiger charge is -2.58. The lowest BCUT2D eigenvalue weighted by atomic mass is 9.47. The second-order valence-corrected chi connectivity index (χ2v) is 11.8. The molecule has 11 heteroatoms. The van der Waals surface area contributed by atoms with Gasteiger partial charge in [0, 0.05) is 23.2 Å². The van der Waals surface area contributed by atoms with Crippen LogP contribution in [0.25, 0.3) is 0 Å². The van der Waals surface area contributed by atoms with E-state index in [1.165, 1.54) is 18.2 Å². The van der Waals surface area contributed by atoms with Gasteiger partial charge in [-0.15, -0.1) is 10.1 Å². The van der Waals surface area contributed by atoms with E-state index in [-0.39, 0.29) is 48.7 Å². The van der Waals surface area contributed by atoms with E-state index in [1.54, 1.807) is 12.1 Å². The van der Waals surface area contributed by atoms with E-state index in [2.05, 4.69) is 17.8 Å². The molecule has 0 unspecified atom stereocenters. The number of allylic oxidation sites excluding steroid dienone is 4. The van der Waals surface area contributed by atoms with Crippen LogP contribution in [-0.4, -0.2) is 51.3 Å². The van der Waals surface area contributed by atoms with Gasteiger partial charge in [0.15, 0.2) is 12.4 Å². The Bertz CT molecular complexity index is 1310. The highest BCUT2D eigenvalue weighted by atomic mass is 16.9. The van der Waals surface area contributed by atoms with Crippen molar-refractivity contribution >= 4 is 17.7 Å². The number of hydrogen-bond acceptors (Lipinski definition) is 10. The van der Waals surface area contributed by atoms with Crippen molar-refractivity contribution in [2.75, 3.05) is 6.61 Å². The highest BCUT2D eigenvalue weighted by molar-refractivity contribution is 5.93. The molecular weight excluding hydrogens is 522 g/mol. The summed E-state index contributed by atoms with van der Waals surface area (Å²) in [5, 5.41) is 32.7. The Morgan fingerprint density at radius 2 is 2.02 bits per heavy atom. The number of Topliss-reactive ketones (excluding diaryl/α,β-unsaturated/α-hetero) is 1. The third-order valence-corrected chi connectivity index (χ3v) is 9.83. The summed E-state index contributed by atoms with van der Waals surface area (Å²) in [5.74, 6) is -0.731. The van der Waals surface area contributed by atoms with Crippen molar-refractivity contribution in [1.29, 1.82) is 0 Å². The summed E-state index contributed by atoms with van der Waals surface area (Å²) < 4.78 is 10.2. The van der Waals surface area contributed by atoms with E-state index < -0.39 is 46.2 Å². The number of carbonyl (C=O) groups excluding carboxylic acids is 3. The molecule has 2 N–H and O–H groups in total. The molecule has 0 aromatic heterocycles. The summed E-state index contributed by atoms with van der Waals surface area (Å²) in [6.45, 7) is 2.85. The average molecular weight is 556 g/mol. The van der Waals surface area contributed by atoms with Gasteiger partial charge in [-0.1, -0.05) is 43.7 Å². The van der Waals surface area contributed by atoms with E-state index in [1.807, 2.05) is 13.0 Å². The number of rotatable bonds is 7. The van der Waals surface area contributed by atoms with Gasteiger partial charge in [0.1, 0.15) is 18.0 Å². The molecule has 0 amide bonds. The minimum absolute atomic E-state index is 0.0135. The van der Waals surface area contributed by atoms with Gasteiger partial charge in [0.2, 0.25) is 5.78 Å². The van der Waals surface area contributed by atoms with E-state index in [0.29, 0.717) is 24.8 Å². The van der Waals surface area contributed by atoms with Crippen LogP contribution in [0.3, 0.4) is 0 Å². The molecule has 0 aliphatic heterocycles. The Hall–Kier alpha value is -3.57. The molecule has 2 saturated carbocycles. The molecule has 0 saturated heterocycles. The van der Waals surface area contributed by atoms with Crippen molar-refractivity contribution in [2.24, 2.45) is 28.6 Å². The van der Waals surface area contributed by atoms with E-state index in [4.69, 9.17) is 9.47 Å². The van der Waals surface area contributed by atoms with Crippen LogP contribution in [0.2, 0.25) is 0 Å². The van der Waals surface area contributed by atoms with E-state index in [0.717, 1.165) is 5.57 Å². The lowest BCUT2D eigenvalue weighted by Crippen LogP contribution is -2.61. The predicted octanol–water partition coefficient (Wildman–Crippen LogP) is 3.49. The molecule has 214 valence electrons. The molecule has 40 heavy (non-hydrogen) atoms. The number of benzene rings is 1. The first-order valence-corrected chi connectivity index (χ1v) is 13.4. The van der Waals surface area contributed by atoms with Crippen molar-refractivity contribution in [3.8, 4) is 5.75 Å². The highest BCUT2D eigenvalue weighted by Gasteiger charge is 2.68. The summed E-state index contributed by atoms with van der Waals surface area (Å²) in [5.41, 5.74) is -1.77. The molecule has 7 atom stereocenters. The van der Waals surface area contributed by atoms with Crippen LogP contribution < -0.4 is 4.74 Å². The van der Waals surface area contributed by atoms with Crippen molar-refractivity contribution in [2.45, 2.75) is 64.3 Å². The van der Waals surface area contributed by atoms with Crippen LogP contribution in [0.5, 0.6) is 5.75 Å². The fourth-order valence-corrected chi connectivity index (χ4v) is 7.89. The summed E-state index contributed by atoms with van der Waals surface area (Å²) in [6, 6.07) is 5.87. The number of ketones is 2. The predicted molar refractivity (Wildman–Crippen MR) is 138 cm³/mol. The number of hydrogen-bond donors (Lipinski definition) is 2. The Morgan fingerprint density at radius 3 is 2.77 bits per heavy atom. The molecule has 0 spiro atoms. The standard InChI is InChI=1S/C29H33NO10/c1-27-10-8-19(31)13-18(27)6-7-21-22-9-11-29(35,28(22,2)14-23(32)25(21)27)24(33)16-38-26(34)40-20-5-3-4-17(12-20)15-39-30(36)37/h3-6,8,10,12,21-23,25,32,35H,7,9,11,13-16H2,1-2H3/t21-,22-,23-,25+,27-,28-,29-/m0/s1. The number of ether oxygens (including phenoxy) is 2. The topological polar surface area (TPSA) is 163 Å². The number of fused-ring (bicyclic) bond motifs is 5. The Kier molecular flexibility index (Phi) is 7.08. The molecule has 1 aromatic rings. The third kappa shape index (κ3) is 4.60. The van der Waals surface area contributed by atoms with Crippen molar-refractivity contribution in [1.82, 2.24) is 0 Å². The minimum Gasteiger partial charge on any atom is -0.426 e. The van der Waals surface area contributed by atoms with Crippen LogP contribution in [0.15, 0.2) is 48.1 Å². The summed E-state index contributed by atoms with van der Waals surface area (Å²) in [6.07, 6.45) is 5.61. The van der Waals surface area contributed by atoms with Crippen molar-refractivity contribution < 1.29 is 44.0 Å². The lowest BCUT2D eigenvalue weighted by molar-refractivity contribution is -0.763. The fourth-order valence-electron chi connectivity index (χ4n) is 7.89. The molecule has 0 heterocycles. The fraction of sp³-hybridized carbons (Fsp3) is 0.552. The molecule has 4 aliphatic carbocycles. The second kappa shape index (κ2) is 10.1. The zero-order valence-corrected chi connectivity index (χ0v) is 22.4. The largest absolute Gasteiger partial charge is 0.514 e. The summed E-state index contributed by atoms with van der Waals surface area (Å²) >= 11 is 0. The van der Waals surface area contributed by atoms with E-state index in [9.17, 15) is 34.7 Å². The first-order valence-electron chi connectivity index (χ1n) is 13.4. The SMILES string of the molecule is C[C@]12C=CC(=O)CC1=CC[C@@H]1[C@@H]2[C@@H](O)C[C@@]2(C)[C@H]1CC[C@]2(O)C(=O)COC(=O)Oc1cccc(CO[N+](=O)[O-])c1. The van der Waals surface area contributed by atoms with E-state index >= 15 is 0 Å². The first-order chi connectivity index (χ1) is 18.9. The maximum absolute atomic E-state index is 13.4. The average Bonchev–Trinajstić information content (AvgIpc) is 3.17. The Morgan fingerprint density at radius 1 is 1.25 bits per heavy atom. The molecular formula is C29H33NO10. The van der Waals surface area contributed by atoms with Gasteiger partial charge < -0.3 is 24.5 Å². The van der Waals surface area contributed by atoms with Crippen molar-refractivity contribution in [3.05, 3.63) is 63.7 Å². The number of nitrogens with zero attached hydrogens (tertiary/aromatic N) is 1. The van der Waals surface area contributed by atoms with Gasteiger partial charge in [-0.05, 0) is 61.3 Å². The smallest absolute Gasteiger partial charge is 0.426 e. The highest BCUT2D eigenvalue weighted by Crippen LogP contribution is 2.66.